The highest BCUT2D eigenvalue weighted by atomic mass is 14.9. The van der Waals surface area contributed by atoms with Crippen molar-refractivity contribution in [1.29, 1.82) is 0 Å². The van der Waals surface area contributed by atoms with Crippen LogP contribution < -0.4 is 5.32 Å². The fourth-order valence-electron chi connectivity index (χ4n) is 3.13. The van der Waals surface area contributed by atoms with E-state index in [4.69, 9.17) is 0 Å². The molecule has 1 saturated heterocycles. The highest BCUT2D eigenvalue weighted by Crippen LogP contribution is 2.44. The Morgan fingerprint density at radius 1 is 1.21 bits per heavy atom. The molecule has 1 heterocycles. The van der Waals surface area contributed by atoms with Gasteiger partial charge in [0.25, 0.3) is 0 Å². The summed E-state index contributed by atoms with van der Waals surface area (Å²) in [6, 6.07) is 8.94. The van der Waals surface area contributed by atoms with Crippen LogP contribution in [0, 0.1) is 11.3 Å². The lowest BCUT2D eigenvalue weighted by atomic mass is 9.76. The maximum absolute atomic E-state index is 3.54. The van der Waals surface area contributed by atoms with Crippen molar-refractivity contribution >= 4 is 0 Å². The second-order valence-corrected chi connectivity index (χ2v) is 5.02. The fourth-order valence-corrected chi connectivity index (χ4v) is 3.13. The van der Waals surface area contributed by atoms with Crippen molar-refractivity contribution in [2.45, 2.75) is 19.8 Å². The molecular formula is C13H17N. The Labute approximate surface area is 85.5 Å². The molecular weight excluding hydrogens is 170 g/mol. The summed E-state index contributed by atoms with van der Waals surface area (Å²) in [5, 5.41) is 3.54. The predicted molar refractivity (Wildman–Crippen MR) is 58.3 cm³/mol. The lowest BCUT2D eigenvalue weighted by molar-refractivity contribution is 0.258. The van der Waals surface area contributed by atoms with E-state index in [-0.39, 0.29) is 0 Å². The molecule has 1 aliphatic carbocycles. The van der Waals surface area contributed by atoms with Crippen LogP contribution in [0.3, 0.4) is 0 Å². The van der Waals surface area contributed by atoms with Gasteiger partial charge in [-0.25, -0.2) is 0 Å². The number of rotatable bonds is 0. The summed E-state index contributed by atoms with van der Waals surface area (Å²) in [5.41, 5.74) is 3.72. The first-order valence-corrected chi connectivity index (χ1v) is 5.58. The maximum atomic E-state index is 3.54. The first-order chi connectivity index (χ1) is 6.80. The SMILES string of the molecule is CC1CNCC12Cc1ccccc1C2. The monoisotopic (exact) mass is 187 g/mol. The molecule has 1 aliphatic heterocycles. The van der Waals surface area contributed by atoms with Gasteiger partial charge in [-0.15, -0.1) is 0 Å². The van der Waals surface area contributed by atoms with Gasteiger partial charge >= 0.3 is 0 Å². The molecule has 1 aromatic rings. The second kappa shape index (κ2) is 2.83. The van der Waals surface area contributed by atoms with E-state index in [2.05, 4.69) is 36.5 Å². The van der Waals surface area contributed by atoms with Crippen LogP contribution in [0.4, 0.5) is 0 Å². The van der Waals surface area contributed by atoms with Gasteiger partial charge in [0.15, 0.2) is 0 Å². The molecule has 1 nitrogen and oxygen atoms in total. The van der Waals surface area contributed by atoms with E-state index in [1.807, 2.05) is 0 Å². The van der Waals surface area contributed by atoms with Gasteiger partial charge < -0.3 is 5.32 Å². The maximum Gasteiger partial charge on any atom is 0.00174 e. The molecule has 0 amide bonds. The van der Waals surface area contributed by atoms with Crippen LogP contribution in [-0.4, -0.2) is 13.1 Å². The average Bonchev–Trinajstić information content (AvgIpc) is 2.71. The first kappa shape index (κ1) is 8.49. The largest absolute Gasteiger partial charge is 0.316 e. The highest BCUT2D eigenvalue weighted by Gasteiger charge is 2.44. The van der Waals surface area contributed by atoms with Gasteiger partial charge in [-0.1, -0.05) is 31.2 Å². The molecule has 1 atom stereocenters. The van der Waals surface area contributed by atoms with E-state index < -0.39 is 0 Å². The second-order valence-electron chi connectivity index (χ2n) is 5.02. The molecule has 0 radical (unpaired) electrons. The standard InChI is InChI=1S/C13H17N/c1-10-8-14-9-13(10)6-11-4-2-3-5-12(11)7-13/h2-5,10,14H,6-9H2,1H3. The van der Waals surface area contributed by atoms with E-state index >= 15 is 0 Å². The van der Waals surface area contributed by atoms with E-state index in [0.29, 0.717) is 5.41 Å². The Morgan fingerprint density at radius 3 is 2.36 bits per heavy atom. The number of hydrogen-bond acceptors (Lipinski definition) is 1. The van der Waals surface area contributed by atoms with Crippen molar-refractivity contribution in [2.75, 3.05) is 13.1 Å². The molecule has 1 heteroatoms. The Morgan fingerprint density at radius 2 is 1.86 bits per heavy atom. The first-order valence-electron chi connectivity index (χ1n) is 5.58. The van der Waals surface area contributed by atoms with Crippen molar-refractivity contribution in [2.24, 2.45) is 11.3 Å². The Bertz CT molecular complexity index is 331. The molecule has 0 aromatic heterocycles. The molecule has 3 rings (SSSR count). The van der Waals surface area contributed by atoms with E-state index in [1.165, 1.54) is 25.9 Å². The minimum Gasteiger partial charge on any atom is -0.316 e. The summed E-state index contributed by atoms with van der Waals surface area (Å²) in [6.07, 6.45) is 2.58. The van der Waals surface area contributed by atoms with Crippen LogP contribution in [-0.2, 0) is 12.8 Å². The zero-order valence-corrected chi connectivity index (χ0v) is 8.72. The minimum atomic E-state index is 0.545. The number of fused-ring (bicyclic) bond motifs is 1. The topological polar surface area (TPSA) is 12.0 Å². The fraction of sp³-hybridized carbons (Fsp3) is 0.538. The molecule has 1 unspecified atom stereocenters. The van der Waals surface area contributed by atoms with Gasteiger partial charge in [-0.2, -0.15) is 0 Å². The summed E-state index contributed by atoms with van der Waals surface area (Å²) in [6.45, 7) is 4.81. The Hall–Kier alpha value is -0.820. The third kappa shape index (κ3) is 1.05. The van der Waals surface area contributed by atoms with Crippen LogP contribution in [0.5, 0.6) is 0 Å². The molecule has 1 aromatic carbocycles. The van der Waals surface area contributed by atoms with Crippen LogP contribution >= 0.6 is 0 Å². The lowest BCUT2D eigenvalue weighted by Gasteiger charge is -2.27. The van der Waals surface area contributed by atoms with Crippen molar-refractivity contribution in [3.8, 4) is 0 Å². The Balaban J connectivity index is 1.97. The van der Waals surface area contributed by atoms with Crippen LogP contribution in [0.1, 0.15) is 18.1 Å². The van der Waals surface area contributed by atoms with Crippen LogP contribution in [0.25, 0.3) is 0 Å². The molecule has 1 spiro atoms. The van der Waals surface area contributed by atoms with Crippen molar-refractivity contribution in [3.05, 3.63) is 35.4 Å². The van der Waals surface area contributed by atoms with Crippen molar-refractivity contribution in [1.82, 2.24) is 5.32 Å². The summed E-state index contributed by atoms with van der Waals surface area (Å²) in [7, 11) is 0. The lowest BCUT2D eigenvalue weighted by Crippen LogP contribution is -2.29. The molecule has 0 saturated carbocycles. The van der Waals surface area contributed by atoms with Gasteiger partial charge in [0.2, 0.25) is 0 Å². The number of nitrogens with one attached hydrogen (secondary N) is 1. The van der Waals surface area contributed by atoms with Gasteiger partial charge in [0.1, 0.15) is 0 Å². The zero-order valence-electron chi connectivity index (χ0n) is 8.72. The smallest absolute Gasteiger partial charge is 0.00174 e. The molecule has 1 fully saturated rings. The van der Waals surface area contributed by atoms with Crippen molar-refractivity contribution in [3.63, 3.8) is 0 Å². The third-order valence-corrected chi connectivity index (χ3v) is 4.18. The normalized spacial score (nSPS) is 28.2. The van der Waals surface area contributed by atoms with E-state index in [9.17, 15) is 0 Å². The molecule has 74 valence electrons. The predicted octanol–water partition coefficient (Wildman–Crippen LogP) is 2.01. The van der Waals surface area contributed by atoms with E-state index in [0.717, 1.165) is 5.92 Å². The van der Waals surface area contributed by atoms with Gasteiger partial charge in [-0.3, -0.25) is 0 Å². The van der Waals surface area contributed by atoms with Crippen LogP contribution in [0.2, 0.25) is 0 Å². The molecule has 0 bridgehead atoms. The van der Waals surface area contributed by atoms with Gasteiger partial charge in [-0.05, 0) is 41.8 Å². The number of benzene rings is 1. The summed E-state index contributed by atoms with van der Waals surface area (Å²) < 4.78 is 0. The van der Waals surface area contributed by atoms with Gasteiger partial charge in [0.05, 0.1) is 0 Å². The number of hydrogen-bond donors (Lipinski definition) is 1. The summed E-state index contributed by atoms with van der Waals surface area (Å²) >= 11 is 0. The molecule has 1 N–H and O–H groups in total. The summed E-state index contributed by atoms with van der Waals surface area (Å²) in [5.74, 6) is 0.829. The zero-order chi connectivity index (χ0) is 9.60. The van der Waals surface area contributed by atoms with Crippen molar-refractivity contribution < 1.29 is 0 Å². The Kier molecular flexibility index (Phi) is 1.72. The molecule has 2 aliphatic rings. The average molecular weight is 187 g/mol. The van der Waals surface area contributed by atoms with Crippen LogP contribution in [0.15, 0.2) is 24.3 Å². The minimum absolute atomic E-state index is 0.545. The van der Waals surface area contributed by atoms with E-state index in [1.54, 1.807) is 11.1 Å². The third-order valence-electron chi connectivity index (χ3n) is 4.18. The molecule has 14 heavy (non-hydrogen) atoms. The quantitative estimate of drug-likeness (QED) is 0.655. The highest BCUT2D eigenvalue weighted by molar-refractivity contribution is 5.35. The van der Waals surface area contributed by atoms with Gasteiger partial charge in [0, 0.05) is 6.54 Å². The summed E-state index contributed by atoms with van der Waals surface area (Å²) in [4.78, 5) is 0.